The maximum absolute atomic E-state index is 12.8. The molecule has 0 aliphatic carbocycles. The van der Waals surface area contributed by atoms with Gasteiger partial charge in [0.05, 0.1) is 29.0 Å². The SMILES string of the molecule is Cc1occc1C(=O)N(Cc1nnc(-c2ccccc2Cl)o1)C(C)C. The zero-order valence-electron chi connectivity index (χ0n) is 14.2. The van der Waals surface area contributed by atoms with Crippen molar-refractivity contribution in [2.75, 3.05) is 0 Å². The second-order valence-electron chi connectivity index (χ2n) is 5.90. The second kappa shape index (κ2) is 7.11. The third-order valence-electron chi connectivity index (χ3n) is 3.85. The van der Waals surface area contributed by atoms with Gasteiger partial charge in [0.2, 0.25) is 11.8 Å². The van der Waals surface area contributed by atoms with Crippen molar-refractivity contribution in [3.05, 3.63) is 58.8 Å². The number of benzene rings is 1. The van der Waals surface area contributed by atoms with Gasteiger partial charge >= 0.3 is 0 Å². The summed E-state index contributed by atoms with van der Waals surface area (Å²) in [5.41, 5.74) is 1.19. The molecule has 0 saturated carbocycles. The van der Waals surface area contributed by atoms with E-state index in [1.54, 1.807) is 30.0 Å². The predicted octanol–water partition coefficient (Wildman–Crippen LogP) is 4.34. The van der Waals surface area contributed by atoms with Gasteiger partial charge in [-0.25, -0.2) is 0 Å². The number of hydrogen-bond donors (Lipinski definition) is 0. The molecule has 0 unspecified atom stereocenters. The van der Waals surface area contributed by atoms with E-state index >= 15 is 0 Å². The smallest absolute Gasteiger partial charge is 0.258 e. The van der Waals surface area contributed by atoms with Crippen LogP contribution < -0.4 is 0 Å². The van der Waals surface area contributed by atoms with Crippen molar-refractivity contribution in [1.82, 2.24) is 15.1 Å². The van der Waals surface area contributed by atoms with Crippen molar-refractivity contribution >= 4 is 17.5 Å². The third kappa shape index (κ3) is 3.58. The standard InChI is InChI=1S/C18H18ClN3O3/c1-11(2)22(18(23)13-8-9-24-12(13)3)10-16-20-21-17(25-16)14-6-4-5-7-15(14)19/h4-9,11H,10H2,1-3H3. The van der Waals surface area contributed by atoms with Gasteiger partial charge in [0.15, 0.2) is 0 Å². The number of rotatable bonds is 5. The molecule has 3 aromatic rings. The van der Waals surface area contributed by atoms with Crippen LogP contribution in [0.1, 0.15) is 35.9 Å². The second-order valence-corrected chi connectivity index (χ2v) is 6.31. The van der Waals surface area contributed by atoms with Crippen LogP contribution in [0, 0.1) is 6.92 Å². The fourth-order valence-electron chi connectivity index (χ4n) is 2.46. The molecule has 25 heavy (non-hydrogen) atoms. The third-order valence-corrected chi connectivity index (χ3v) is 4.18. The first-order valence-electron chi connectivity index (χ1n) is 7.89. The van der Waals surface area contributed by atoms with Crippen molar-refractivity contribution in [3.8, 4) is 11.5 Å². The molecule has 130 valence electrons. The molecule has 1 amide bonds. The Morgan fingerprint density at radius 1 is 1.24 bits per heavy atom. The minimum Gasteiger partial charge on any atom is -0.469 e. The molecule has 0 N–H and O–H groups in total. The Kier molecular flexibility index (Phi) is 4.90. The molecule has 3 rings (SSSR count). The maximum Gasteiger partial charge on any atom is 0.258 e. The molecule has 6 nitrogen and oxygen atoms in total. The summed E-state index contributed by atoms with van der Waals surface area (Å²) in [6, 6.07) is 8.85. The molecule has 2 heterocycles. The number of nitrogens with zero attached hydrogens (tertiary/aromatic N) is 3. The lowest BCUT2D eigenvalue weighted by atomic mass is 10.2. The average Bonchev–Trinajstić information content (AvgIpc) is 3.21. The van der Waals surface area contributed by atoms with E-state index in [1.165, 1.54) is 6.26 Å². The summed E-state index contributed by atoms with van der Waals surface area (Å²) in [6.45, 7) is 5.82. The van der Waals surface area contributed by atoms with E-state index in [4.69, 9.17) is 20.4 Å². The van der Waals surface area contributed by atoms with Gasteiger partial charge in [0.25, 0.3) is 5.91 Å². The van der Waals surface area contributed by atoms with E-state index in [2.05, 4.69) is 10.2 Å². The molecule has 0 fully saturated rings. The number of halogens is 1. The van der Waals surface area contributed by atoms with Crippen LogP contribution in [0.3, 0.4) is 0 Å². The first-order chi connectivity index (χ1) is 12.0. The van der Waals surface area contributed by atoms with Crippen molar-refractivity contribution in [2.45, 2.75) is 33.4 Å². The molecular formula is C18H18ClN3O3. The first-order valence-corrected chi connectivity index (χ1v) is 8.27. The van der Waals surface area contributed by atoms with Crippen LogP contribution in [0.15, 0.2) is 45.4 Å². The number of hydrogen-bond acceptors (Lipinski definition) is 5. The minimum absolute atomic E-state index is 0.0440. The topological polar surface area (TPSA) is 72.4 Å². The highest BCUT2D eigenvalue weighted by atomic mass is 35.5. The molecule has 0 saturated heterocycles. The Balaban J connectivity index is 1.83. The number of aromatic nitrogens is 2. The summed E-state index contributed by atoms with van der Waals surface area (Å²) in [6.07, 6.45) is 1.50. The molecule has 2 aromatic heterocycles. The molecule has 0 radical (unpaired) electrons. The Morgan fingerprint density at radius 3 is 2.64 bits per heavy atom. The van der Waals surface area contributed by atoms with Gasteiger partial charge in [-0.2, -0.15) is 0 Å². The molecular weight excluding hydrogens is 342 g/mol. The molecule has 0 aliphatic heterocycles. The van der Waals surface area contributed by atoms with Crippen molar-refractivity contribution < 1.29 is 13.6 Å². The van der Waals surface area contributed by atoms with Crippen molar-refractivity contribution in [3.63, 3.8) is 0 Å². The van der Waals surface area contributed by atoms with E-state index in [0.717, 1.165) is 0 Å². The summed E-state index contributed by atoms with van der Waals surface area (Å²) < 4.78 is 10.9. The van der Waals surface area contributed by atoms with Gasteiger partial charge in [-0.15, -0.1) is 10.2 Å². The maximum atomic E-state index is 12.8. The normalized spacial score (nSPS) is 11.1. The minimum atomic E-state index is -0.140. The largest absolute Gasteiger partial charge is 0.469 e. The summed E-state index contributed by atoms with van der Waals surface area (Å²) in [5, 5.41) is 8.62. The fraction of sp³-hybridized carbons (Fsp3) is 0.278. The lowest BCUT2D eigenvalue weighted by Crippen LogP contribution is -2.36. The highest BCUT2D eigenvalue weighted by Crippen LogP contribution is 2.26. The molecule has 0 spiro atoms. The van der Waals surface area contributed by atoms with Crippen LogP contribution in [0.4, 0.5) is 0 Å². The van der Waals surface area contributed by atoms with Gasteiger partial charge in [0, 0.05) is 6.04 Å². The van der Waals surface area contributed by atoms with Crippen LogP contribution in [0.5, 0.6) is 0 Å². The van der Waals surface area contributed by atoms with E-state index in [-0.39, 0.29) is 18.5 Å². The molecule has 0 aliphatic rings. The summed E-state index contributed by atoms with van der Waals surface area (Å²) in [5.74, 6) is 1.12. The Labute approximate surface area is 150 Å². The lowest BCUT2D eigenvalue weighted by molar-refractivity contribution is 0.0670. The van der Waals surface area contributed by atoms with Crippen LogP contribution >= 0.6 is 11.6 Å². The first kappa shape index (κ1) is 17.2. The molecule has 0 atom stereocenters. The highest BCUT2D eigenvalue weighted by molar-refractivity contribution is 6.33. The number of aryl methyl sites for hydroxylation is 1. The Morgan fingerprint density at radius 2 is 2.00 bits per heavy atom. The summed E-state index contributed by atoms with van der Waals surface area (Å²) in [4.78, 5) is 14.4. The van der Waals surface area contributed by atoms with Gasteiger partial charge in [-0.05, 0) is 39.0 Å². The number of carbonyl (C=O) groups is 1. The average molecular weight is 360 g/mol. The number of furan rings is 1. The Bertz CT molecular complexity index is 885. The monoisotopic (exact) mass is 359 g/mol. The van der Waals surface area contributed by atoms with E-state index in [9.17, 15) is 4.79 Å². The zero-order valence-corrected chi connectivity index (χ0v) is 14.9. The van der Waals surface area contributed by atoms with Gasteiger partial charge in [0.1, 0.15) is 5.76 Å². The van der Waals surface area contributed by atoms with Gasteiger partial charge in [-0.1, -0.05) is 23.7 Å². The molecule has 1 aromatic carbocycles. The zero-order chi connectivity index (χ0) is 18.0. The highest BCUT2D eigenvalue weighted by Gasteiger charge is 2.24. The number of amides is 1. The van der Waals surface area contributed by atoms with Crippen LogP contribution in [0.25, 0.3) is 11.5 Å². The van der Waals surface area contributed by atoms with Crippen LogP contribution in [0.2, 0.25) is 5.02 Å². The lowest BCUT2D eigenvalue weighted by Gasteiger charge is -2.24. The molecule has 7 heteroatoms. The van der Waals surface area contributed by atoms with E-state index in [1.807, 2.05) is 26.0 Å². The van der Waals surface area contributed by atoms with Crippen LogP contribution in [-0.2, 0) is 6.54 Å². The summed E-state index contributed by atoms with van der Waals surface area (Å²) >= 11 is 6.16. The molecule has 0 bridgehead atoms. The van der Waals surface area contributed by atoms with Crippen molar-refractivity contribution in [2.24, 2.45) is 0 Å². The predicted molar refractivity (Wildman–Crippen MR) is 93.2 cm³/mol. The van der Waals surface area contributed by atoms with E-state index < -0.39 is 0 Å². The quantitative estimate of drug-likeness (QED) is 0.677. The van der Waals surface area contributed by atoms with E-state index in [0.29, 0.717) is 33.7 Å². The summed E-state index contributed by atoms with van der Waals surface area (Å²) in [7, 11) is 0. The number of carbonyl (C=O) groups excluding carboxylic acids is 1. The fourth-order valence-corrected chi connectivity index (χ4v) is 2.67. The van der Waals surface area contributed by atoms with Gasteiger partial charge < -0.3 is 13.7 Å². The van der Waals surface area contributed by atoms with Gasteiger partial charge in [-0.3, -0.25) is 4.79 Å². The van der Waals surface area contributed by atoms with Crippen molar-refractivity contribution in [1.29, 1.82) is 0 Å². The van der Waals surface area contributed by atoms with Crippen LogP contribution in [-0.4, -0.2) is 27.0 Å². The Hall–Kier alpha value is -2.60.